The Kier molecular flexibility index (Phi) is 4.53. The van der Waals surface area contributed by atoms with Gasteiger partial charge < -0.3 is 9.15 Å². The zero-order valence-electron chi connectivity index (χ0n) is 16.1. The molecule has 0 radical (unpaired) electrons. The van der Waals surface area contributed by atoms with Crippen LogP contribution in [0.2, 0.25) is 0 Å². The molecule has 1 aliphatic heterocycles. The number of nitrogens with one attached hydrogen (secondary N) is 1. The first-order valence-corrected chi connectivity index (χ1v) is 11.5. The fourth-order valence-corrected chi connectivity index (χ4v) is 5.56. The highest BCUT2D eigenvalue weighted by molar-refractivity contribution is 7.90. The van der Waals surface area contributed by atoms with E-state index < -0.39 is 15.6 Å². The van der Waals surface area contributed by atoms with Crippen LogP contribution in [0.5, 0.6) is 5.75 Å². The van der Waals surface area contributed by atoms with E-state index in [1.165, 1.54) is 23.5 Å². The number of sulfonamides is 1. The maximum absolute atomic E-state index is 12.4. The highest BCUT2D eigenvalue weighted by Gasteiger charge is 2.50. The van der Waals surface area contributed by atoms with E-state index in [0.29, 0.717) is 12.3 Å². The van der Waals surface area contributed by atoms with E-state index in [1.807, 2.05) is 12.1 Å². The second kappa shape index (κ2) is 6.97. The summed E-state index contributed by atoms with van der Waals surface area (Å²) in [7, 11) is -3.28. The molecule has 0 spiro atoms. The average molecular weight is 416 g/mol. The van der Waals surface area contributed by atoms with Gasteiger partial charge in [-0.3, -0.25) is 9.69 Å². The lowest BCUT2D eigenvalue weighted by molar-refractivity contribution is 0.236. The lowest BCUT2D eigenvalue weighted by Crippen LogP contribution is -2.43. The van der Waals surface area contributed by atoms with Crippen molar-refractivity contribution in [1.82, 2.24) is 9.62 Å². The van der Waals surface area contributed by atoms with Gasteiger partial charge in [0.2, 0.25) is 21.2 Å². The quantitative estimate of drug-likeness (QED) is 0.709. The third-order valence-corrected chi connectivity index (χ3v) is 7.88. The fraction of sp³-hybridized carbons (Fsp3) is 0.476. The van der Waals surface area contributed by atoms with Gasteiger partial charge in [-0.2, -0.15) is 0 Å². The minimum absolute atomic E-state index is 0.121. The van der Waals surface area contributed by atoms with Crippen LogP contribution in [0.25, 0.3) is 0 Å². The Hall–Kier alpha value is -2.16. The van der Waals surface area contributed by atoms with E-state index in [4.69, 9.17) is 9.15 Å². The Labute approximate surface area is 169 Å². The van der Waals surface area contributed by atoms with Gasteiger partial charge in [0, 0.05) is 19.2 Å². The predicted octanol–water partition coefficient (Wildman–Crippen LogP) is 2.15. The predicted molar refractivity (Wildman–Crippen MR) is 107 cm³/mol. The summed E-state index contributed by atoms with van der Waals surface area (Å²) in [6.45, 7) is 2.36. The van der Waals surface area contributed by atoms with Crippen LogP contribution in [0.4, 0.5) is 0 Å². The van der Waals surface area contributed by atoms with Gasteiger partial charge >= 0.3 is 0 Å². The van der Waals surface area contributed by atoms with Crippen LogP contribution in [0, 0.1) is 0 Å². The van der Waals surface area contributed by atoms with Crippen LogP contribution in [0.1, 0.15) is 42.6 Å². The highest BCUT2D eigenvalue weighted by Crippen LogP contribution is 2.39. The zero-order chi connectivity index (χ0) is 20.1. The smallest absolute Gasteiger partial charge is 0.227 e. The Bertz CT molecular complexity index is 1060. The van der Waals surface area contributed by atoms with Gasteiger partial charge in [-0.15, -0.1) is 0 Å². The zero-order valence-corrected chi connectivity index (χ0v) is 16.9. The maximum atomic E-state index is 12.4. The molecule has 0 bridgehead atoms. The first-order chi connectivity index (χ1) is 13.9. The number of fused-ring (bicyclic) bond motifs is 1. The molecule has 2 aliphatic carbocycles. The molecular formula is C21H24N2O5S. The van der Waals surface area contributed by atoms with Crippen molar-refractivity contribution in [2.45, 2.75) is 56.1 Å². The molecule has 3 aliphatic rings. The highest BCUT2D eigenvalue weighted by atomic mass is 32.2. The molecule has 0 atom stereocenters. The van der Waals surface area contributed by atoms with E-state index in [1.54, 1.807) is 0 Å². The van der Waals surface area contributed by atoms with Crippen molar-refractivity contribution >= 4 is 10.0 Å². The molecule has 0 saturated heterocycles. The average Bonchev–Trinajstić information content (AvgIpc) is 3.59. The van der Waals surface area contributed by atoms with Gasteiger partial charge in [0.1, 0.15) is 18.6 Å². The van der Waals surface area contributed by atoms with Gasteiger partial charge in [0.05, 0.1) is 17.3 Å². The monoisotopic (exact) mass is 416 g/mol. The molecule has 2 aromatic rings. The number of ether oxygens (including phenoxy) is 1. The third kappa shape index (κ3) is 4.10. The molecule has 1 aromatic carbocycles. The summed E-state index contributed by atoms with van der Waals surface area (Å²) in [5, 5.41) is -0.263. The Morgan fingerprint density at radius 2 is 1.86 bits per heavy atom. The van der Waals surface area contributed by atoms with E-state index >= 15 is 0 Å². The standard InChI is InChI=1S/C21H24N2O5S/c24-19-9-17(12-23-10-15-3-1-2-4-16(15)11-23)27-13-20(19)28-14-21(7-8-21)22-29(25,26)18-5-6-18/h1-4,9,13,18,22H,5-8,10-12,14H2. The number of benzene rings is 1. The van der Waals surface area contributed by atoms with Crippen molar-refractivity contribution in [2.24, 2.45) is 0 Å². The first kappa shape index (κ1) is 18.8. The molecule has 29 heavy (non-hydrogen) atoms. The lowest BCUT2D eigenvalue weighted by Gasteiger charge is -2.18. The van der Waals surface area contributed by atoms with Crippen LogP contribution in [-0.4, -0.2) is 30.7 Å². The molecule has 5 rings (SSSR count). The molecule has 2 saturated carbocycles. The molecule has 1 N–H and O–H groups in total. The Morgan fingerprint density at radius 1 is 1.17 bits per heavy atom. The molecule has 2 fully saturated rings. The molecule has 0 unspecified atom stereocenters. The van der Waals surface area contributed by atoms with Crippen molar-refractivity contribution in [3.05, 3.63) is 63.7 Å². The summed E-state index contributed by atoms with van der Waals surface area (Å²) in [4.78, 5) is 14.6. The van der Waals surface area contributed by atoms with Gasteiger partial charge in [-0.05, 0) is 36.8 Å². The fourth-order valence-electron chi connectivity index (χ4n) is 3.77. The summed E-state index contributed by atoms with van der Waals surface area (Å²) in [5.41, 5.74) is 1.79. The van der Waals surface area contributed by atoms with Gasteiger partial charge in [-0.25, -0.2) is 13.1 Å². The van der Waals surface area contributed by atoms with E-state index in [9.17, 15) is 13.2 Å². The van der Waals surface area contributed by atoms with E-state index in [0.717, 1.165) is 38.8 Å². The molecule has 0 amide bonds. The third-order valence-electron chi connectivity index (χ3n) is 5.82. The lowest BCUT2D eigenvalue weighted by atomic mass is 10.1. The first-order valence-electron chi connectivity index (χ1n) is 9.99. The number of hydrogen-bond acceptors (Lipinski definition) is 6. The van der Waals surface area contributed by atoms with Crippen LogP contribution < -0.4 is 14.9 Å². The maximum Gasteiger partial charge on any atom is 0.227 e. The SMILES string of the molecule is O=c1cc(CN2Cc3ccccc3C2)occ1OCC1(NS(=O)(=O)C2CC2)CC1. The van der Waals surface area contributed by atoms with Crippen molar-refractivity contribution in [1.29, 1.82) is 0 Å². The van der Waals surface area contributed by atoms with E-state index in [-0.39, 0.29) is 23.0 Å². The minimum atomic E-state index is -3.28. The summed E-state index contributed by atoms with van der Waals surface area (Å²) in [6, 6.07) is 9.77. The van der Waals surface area contributed by atoms with Crippen molar-refractivity contribution in [3.63, 3.8) is 0 Å². The minimum Gasteiger partial charge on any atom is -0.485 e. The molecule has 154 valence electrons. The van der Waals surface area contributed by atoms with Gasteiger partial charge in [0.25, 0.3) is 0 Å². The van der Waals surface area contributed by atoms with Crippen molar-refractivity contribution < 1.29 is 17.6 Å². The van der Waals surface area contributed by atoms with Crippen LogP contribution in [-0.2, 0) is 29.7 Å². The van der Waals surface area contributed by atoms with Crippen LogP contribution in [0.15, 0.2) is 45.8 Å². The largest absolute Gasteiger partial charge is 0.485 e. The normalized spacial score (nSPS) is 20.4. The molecule has 7 nitrogen and oxygen atoms in total. The number of rotatable bonds is 8. The second-order valence-corrected chi connectivity index (χ2v) is 10.4. The van der Waals surface area contributed by atoms with Crippen molar-refractivity contribution in [3.8, 4) is 5.75 Å². The summed E-state index contributed by atoms with van der Waals surface area (Å²) < 4.78 is 38.4. The molecule has 1 aromatic heterocycles. The molecular weight excluding hydrogens is 392 g/mol. The Balaban J connectivity index is 1.19. The van der Waals surface area contributed by atoms with Crippen LogP contribution >= 0.6 is 0 Å². The topological polar surface area (TPSA) is 88.8 Å². The summed E-state index contributed by atoms with van der Waals surface area (Å²) in [5.74, 6) is 0.709. The number of hydrogen-bond donors (Lipinski definition) is 1. The molecule has 2 heterocycles. The summed E-state index contributed by atoms with van der Waals surface area (Å²) >= 11 is 0. The Morgan fingerprint density at radius 3 is 2.45 bits per heavy atom. The van der Waals surface area contributed by atoms with E-state index in [2.05, 4.69) is 21.8 Å². The number of nitrogens with zero attached hydrogens (tertiary/aromatic N) is 1. The van der Waals surface area contributed by atoms with Gasteiger partial charge in [-0.1, -0.05) is 24.3 Å². The summed E-state index contributed by atoms with van der Waals surface area (Å²) in [6.07, 6.45) is 4.22. The second-order valence-electron chi connectivity index (χ2n) is 8.40. The van der Waals surface area contributed by atoms with Crippen LogP contribution in [0.3, 0.4) is 0 Å². The molecule has 8 heteroatoms. The van der Waals surface area contributed by atoms with Gasteiger partial charge in [0.15, 0.2) is 0 Å². The van der Waals surface area contributed by atoms with Crippen molar-refractivity contribution in [2.75, 3.05) is 6.61 Å².